The van der Waals surface area contributed by atoms with E-state index in [0.717, 1.165) is 19.4 Å². The summed E-state index contributed by atoms with van der Waals surface area (Å²) in [4.78, 5) is 7.83. The molecule has 1 unspecified atom stereocenters. The average molecular weight is 239 g/mol. The number of hydrogen-bond acceptors (Lipinski definition) is 7. The van der Waals surface area contributed by atoms with Gasteiger partial charge in [-0.15, -0.1) is 0 Å². The smallest absolute Gasteiger partial charge is 0.225 e. The van der Waals surface area contributed by atoms with Gasteiger partial charge in [0, 0.05) is 12.7 Å². The molecule has 94 valence electrons. The van der Waals surface area contributed by atoms with Crippen molar-refractivity contribution in [1.82, 2.24) is 9.97 Å². The Hall–Kier alpha value is -1.60. The van der Waals surface area contributed by atoms with Crippen molar-refractivity contribution < 1.29 is 9.47 Å². The normalized spacial score (nSPS) is 19.9. The fraction of sp³-hybridized carbons (Fsp3) is 0.600. The lowest BCUT2D eigenvalue weighted by atomic mass is 10.1. The van der Waals surface area contributed by atoms with Crippen LogP contribution >= 0.6 is 0 Å². The quantitative estimate of drug-likeness (QED) is 0.512. The molecule has 1 aromatic rings. The van der Waals surface area contributed by atoms with Gasteiger partial charge in [-0.25, -0.2) is 5.84 Å². The minimum absolute atomic E-state index is 0.125. The molecule has 2 rings (SSSR count). The molecule has 1 aromatic heterocycles. The number of anilines is 2. The van der Waals surface area contributed by atoms with Crippen LogP contribution in [0.5, 0.6) is 5.88 Å². The van der Waals surface area contributed by atoms with Crippen LogP contribution < -0.4 is 21.7 Å². The molecular weight excluding hydrogens is 222 g/mol. The van der Waals surface area contributed by atoms with Crippen molar-refractivity contribution in [3.8, 4) is 5.88 Å². The van der Waals surface area contributed by atoms with Crippen LogP contribution in [0.25, 0.3) is 0 Å². The predicted molar refractivity (Wildman–Crippen MR) is 63.3 cm³/mol. The average Bonchev–Trinajstić information content (AvgIpc) is 2.37. The molecule has 7 nitrogen and oxygen atoms in total. The third-order valence-corrected chi connectivity index (χ3v) is 2.56. The van der Waals surface area contributed by atoms with E-state index in [1.807, 2.05) is 0 Å². The van der Waals surface area contributed by atoms with Crippen molar-refractivity contribution in [1.29, 1.82) is 0 Å². The van der Waals surface area contributed by atoms with E-state index >= 15 is 0 Å². The Morgan fingerprint density at radius 1 is 1.47 bits per heavy atom. The molecule has 17 heavy (non-hydrogen) atoms. The first kappa shape index (κ1) is 11.9. The molecule has 0 aliphatic carbocycles. The second kappa shape index (κ2) is 5.65. The molecule has 0 amide bonds. The zero-order valence-corrected chi connectivity index (χ0v) is 9.56. The van der Waals surface area contributed by atoms with Gasteiger partial charge in [0.1, 0.15) is 12.4 Å². The fourth-order valence-corrected chi connectivity index (χ4v) is 1.71. The summed E-state index contributed by atoms with van der Waals surface area (Å²) in [6.07, 6.45) is 3.45. The summed E-state index contributed by atoms with van der Waals surface area (Å²) < 4.78 is 11.1. The van der Waals surface area contributed by atoms with Crippen molar-refractivity contribution in [3.63, 3.8) is 0 Å². The van der Waals surface area contributed by atoms with Crippen LogP contribution in [-0.4, -0.2) is 29.3 Å². The highest BCUT2D eigenvalue weighted by Crippen LogP contribution is 2.17. The maximum atomic E-state index is 5.55. The van der Waals surface area contributed by atoms with E-state index in [1.54, 1.807) is 6.07 Å². The molecule has 0 bridgehead atoms. The molecule has 1 atom stereocenters. The Balaban J connectivity index is 1.91. The summed E-state index contributed by atoms with van der Waals surface area (Å²) in [5, 5.41) is 0. The predicted octanol–water partition coefficient (Wildman–Crippen LogP) is 0.292. The van der Waals surface area contributed by atoms with E-state index in [-0.39, 0.29) is 12.1 Å². The summed E-state index contributed by atoms with van der Waals surface area (Å²) >= 11 is 0. The Kier molecular flexibility index (Phi) is 3.94. The second-order valence-electron chi connectivity index (χ2n) is 3.89. The number of hydrogen-bond donors (Lipinski definition) is 3. The Morgan fingerprint density at radius 3 is 3.06 bits per heavy atom. The SMILES string of the molecule is NNc1cc(OCC2CCCCO2)nc(N)n1. The van der Waals surface area contributed by atoms with Gasteiger partial charge in [-0.2, -0.15) is 9.97 Å². The van der Waals surface area contributed by atoms with E-state index in [1.165, 1.54) is 6.42 Å². The zero-order chi connectivity index (χ0) is 12.1. The van der Waals surface area contributed by atoms with Gasteiger partial charge >= 0.3 is 0 Å². The van der Waals surface area contributed by atoms with Gasteiger partial charge in [0.05, 0.1) is 6.10 Å². The van der Waals surface area contributed by atoms with Crippen LogP contribution in [0.2, 0.25) is 0 Å². The van der Waals surface area contributed by atoms with Crippen molar-refractivity contribution in [3.05, 3.63) is 6.07 Å². The highest BCUT2D eigenvalue weighted by Gasteiger charge is 2.15. The largest absolute Gasteiger partial charge is 0.475 e. The van der Waals surface area contributed by atoms with Crippen LogP contribution in [0.4, 0.5) is 11.8 Å². The molecule has 5 N–H and O–H groups in total. The molecule has 0 spiro atoms. The van der Waals surface area contributed by atoms with Crippen LogP contribution in [0.1, 0.15) is 19.3 Å². The second-order valence-corrected chi connectivity index (χ2v) is 3.89. The first-order valence-electron chi connectivity index (χ1n) is 5.63. The molecule has 7 heteroatoms. The Labute approximate surface area is 99.5 Å². The minimum Gasteiger partial charge on any atom is -0.475 e. The first-order valence-corrected chi connectivity index (χ1v) is 5.63. The third kappa shape index (κ3) is 3.43. The summed E-state index contributed by atoms with van der Waals surface area (Å²) in [5.41, 5.74) is 7.92. The summed E-state index contributed by atoms with van der Waals surface area (Å²) in [7, 11) is 0. The lowest BCUT2D eigenvalue weighted by molar-refractivity contribution is -0.0119. The van der Waals surface area contributed by atoms with Crippen molar-refractivity contribution in [2.75, 3.05) is 24.4 Å². The molecule has 1 fully saturated rings. The van der Waals surface area contributed by atoms with Crippen LogP contribution in [0.15, 0.2) is 6.07 Å². The maximum absolute atomic E-state index is 5.55. The van der Waals surface area contributed by atoms with Gasteiger partial charge in [-0.05, 0) is 19.3 Å². The van der Waals surface area contributed by atoms with Crippen LogP contribution in [-0.2, 0) is 4.74 Å². The van der Waals surface area contributed by atoms with Gasteiger partial charge in [-0.1, -0.05) is 0 Å². The molecule has 0 saturated carbocycles. The van der Waals surface area contributed by atoms with Gasteiger partial charge < -0.3 is 20.6 Å². The molecule has 1 aliphatic heterocycles. The number of hydrazine groups is 1. The monoisotopic (exact) mass is 239 g/mol. The van der Waals surface area contributed by atoms with E-state index in [4.69, 9.17) is 21.1 Å². The van der Waals surface area contributed by atoms with E-state index in [2.05, 4.69) is 15.4 Å². The lowest BCUT2D eigenvalue weighted by Crippen LogP contribution is -2.26. The number of ether oxygens (including phenoxy) is 2. The summed E-state index contributed by atoms with van der Waals surface area (Å²) in [6, 6.07) is 1.60. The summed E-state index contributed by atoms with van der Waals surface area (Å²) in [5.74, 6) is 6.21. The molecule has 1 aliphatic rings. The molecule has 2 heterocycles. The highest BCUT2D eigenvalue weighted by molar-refractivity contribution is 5.41. The minimum atomic E-state index is 0.125. The zero-order valence-electron chi connectivity index (χ0n) is 9.56. The van der Waals surface area contributed by atoms with Crippen molar-refractivity contribution >= 4 is 11.8 Å². The van der Waals surface area contributed by atoms with Crippen LogP contribution in [0.3, 0.4) is 0 Å². The van der Waals surface area contributed by atoms with Gasteiger partial charge in [0.25, 0.3) is 0 Å². The van der Waals surface area contributed by atoms with E-state index in [9.17, 15) is 0 Å². The molecule has 0 radical (unpaired) electrons. The molecular formula is C10H17N5O2. The number of nitrogens with one attached hydrogen (secondary N) is 1. The van der Waals surface area contributed by atoms with Gasteiger partial charge in [-0.3, -0.25) is 0 Å². The van der Waals surface area contributed by atoms with Crippen molar-refractivity contribution in [2.24, 2.45) is 5.84 Å². The number of nitrogen functional groups attached to an aromatic ring is 2. The summed E-state index contributed by atoms with van der Waals surface area (Å²) in [6.45, 7) is 1.27. The highest BCUT2D eigenvalue weighted by atomic mass is 16.5. The van der Waals surface area contributed by atoms with Gasteiger partial charge in [0.2, 0.25) is 11.8 Å². The lowest BCUT2D eigenvalue weighted by Gasteiger charge is -2.22. The number of nitrogens with two attached hydrogens (primary N) is 2. The fourth-order valence-electron chi connectivity index (χ4n) is 1.71. The Morgan fingerprint density at radius 2 is 2.35 bits per heavy atom. The number of rotatable bonds is 4. The third-order valence-electron chi connectivity index (χ3n) is 2.56. The van der Waals surface area contributed by atoms with E-state index < -0.39 is 0 Å². The van der Waals surface area contributed by atoms with Crippen LogP contribution in [0, 0.1) is 0 Å². The topological polar surface area (TPSA) is 108 Å². The van der Waals surface area contributed by atoms with E-state index in [0.29, 0.717) is 18.3 Å². The first-order chi connectivity index (χ1) is 8.28. The Bertz CT molecular complexity index is 368. The maximum Gasteiger partial charge on any atom is 0.225 e. The van der Waals surface area contributed by atoms with Crippen molar-refractivity contribution in [2.45, 2.75) is 25.4 Å². The number of nitrogens with zero attached hydrogens (tertiary/aromatic N) is 2. The standard InChI is InChI=1S/C10H17N5O2/c11-10-13-8(15-12)5-9(14-10)17-6-7-3-1-2-4-16-7/h5,7H,1-4,6,12H2,(H3,11,13,14,15). The molecule has 1 saturated heterocycles. The number of aromatic nitrogens is 2. The molecule has 0 aromatic carbocycles. The van der Waals surface area contributed by atoms with Gasteiger partial charge in [0.15, 0.2) is 0 Å².